The van der Waals surface area contributed by atoms with Crippen LogP contribution in [0.3, 0.4) is 0 Å². The maximum Gasteiger partial charge on any atom is 0.407 e. The van der Waals surface area contributed by atoms with Crippen LogP contribution in [0.1, 0.15) is 70.2 Å². The fraction of sp³-hybridized carbons (Fsp3) is 0.720. The molecule has 3 rings (SSSR count). The second kappa shape index (κ2) is 11.3. The Bertz CT molecular complexity index is 865. The van der Waals surface area contributed by atoms with E-state index in [1.165, 1.54) is 24.4 Å². The summed E-state index contributed by atoms with van der Waals surface area (Å²) in [6, 6.07) is 0.115. The summed E-state index contributed by atoms with van der Waals surface area (Å²) in [7, 11) is 1.32. The topological polar surface area (TPSA) is 115 Å². The Morgan fingerprint density at radius 1 is 1.29 bits per heavy atom. The number of alkyl carbamates (subject to hydrolysis) is 1. The van der Waals surface area contributed by atoms with Gasteiger partial charge in [0.05, 0.1) is 25.5 Å². The summed E-state index contributed by atoms with van der Waals surface area (Å²) in [6.07, 6.45) is 9.71. The molecule has 0 aliphatic heterocycles. The number of nitrogens with one attached hydrogen (secondary N) is 2. The van der Waals surface area contributed by atoms with Gasteiger partial charge in [-0.25, -0.2) is 9.48 Å². The van der Waals surface area contributed by atoms with E-state index in [1.54, 1.807) is 12.3 Å². The predicted molar refractivity (Wildman–Crippen MR) is 129 cm³/mol. The lowest BCUT2D eigenvalue weighted by Crippen LogP contribution is -2.51. The molecule has 2 fully saturated rings. The number of methoxy groups -OCH3 is 1. The molecule has 190 valence electrons. The molecule has 2 aliphatic rings. The van der Waals surface area contributed by atoms with Gasteiger partial charge in [0, 0.05) is 18.8 Å². The number of aliphatic hydroxyl groups excluding tert-OH is 1. The molecular weight excluding hydrogens is 436 g/mol. The van der Waals surface area contributed by atoms with Crippen LogP contribution in [-0.4, -0.2) is 58.8 Å². The van der Waals surface area contributed by atoms with Gasteiger partial charge in [0.1, 0.15) is 5.56 Å². The van der Waals surface area contributed by atoms with E-state index in [-0.39, 0.29) is 24.5 Å². The normalized spacial score (nSPS) is 24.8. The van der Waals surface area contributed by atoms with Gasteiger partial charge in [-0.1, -0.05) is 20.3 Å². The van der Waals surface area contributed by atoms with E-state index >= 15 is 0 Å². The average Bonchev–Trinajstić information content (AvgIpc) is 3.18. The van der Waals surface area contributed by atoms with Crippen LogP contribution >= 0.6 is 0 Å². The lowest BCUT2D eigenvalue weighted by atomic mass is 9.65. The van der Waals surface area contributed by atoms with Crippen LogP contribution in [0.5, 0.6) is 5.88 Å². The van der Waals surface area contributed by atoms with Crippen LogP contribution in [0, 0.1) is 23.7 Å². The molecule has 2 saturated carbocycles. The summed E-state index contributed by atoms with van der Waals surface area (Å²) < 4.78 is 12.2. The van der Waals surface area contributed by atoms with Gasteiger partial charge in [-0.2, -0.15) is 5.10 Å². The monoisotopic (exact) mass is 476 g/mol. The Labute approximate surface area is 202 Å². The van der Waals surface area contributed by atoms with Crippen molar-refractivity contribution in [2.75, 3.05) is 20.3 Å². The smallest absolute Gasteiger partial charge is 0.407 e. The van der Waals surface area contributed by atoms with E-state index < -0.39 is 11.6 Å². The van der Waals surface area contributed by atoms with Gasteiger partial charge in [0.2, 0.25) is 5.88 Å². The fourth-order valence-corrected chi connectivity index (χ4v) is 5.10. The number of aromatic nitrogens is 2. The zero-order valence-corrected chi connectivity index (χ0v) is 21.0. The van der Waals surface area contributed by atoms with Gasteiger partial charge in [0.25, 0.3) is 5.91 Å². The molecular formula is C25H40N4O5. The van der Waals surface area contributed by atoms with Gasteiger partial charge in [-0.05, 0) is 69.3 Å². The van der Waals surface area contributed by atoms with Crippen LogP contribution in [0.15, 0.2) is 12.3 Å². The minimum Gasteiger partial charge on any atom is -0.477 e. The molecule has 9 heteroatoms. The van der Waals surface area contributed by atoms with E-state index in [0.717, 1.165) is 25.7 Å². The summed E-state index contributed by atoms with van der Waals surface area (Å²) in [5.74, 6) is 1.60. The zero-order chi connectivity index (χ0) is 24.9. The van der Waals surface area contributed by atoms with E-state index in [4.69, 9.17) is 4.74 Å². The third kappa shape index (κ3) is 6.52. The van der Waals surface area contributed by atoms with Crippen molar-refractivity contribution in [3.05, 3.63) is 17.8 Å². The number of carbonyl (C=O) groups excluding carboxylic acids is 2. The van der Waals surface area contributed by atoms with E-state index in [0.29, 0.717) is 35.8 Å². The van der Waals surface area contributed by atoms with Crippen molar-refractivity contribution in [3.63, 3.8) is 0 Å². The Kier molecular flexibility index (Phi) is 8.62. The Morgan fingerprint density at radius 2 is 1.97 bits per heavy atom. The minimum atomic E-state index is -0.695. The quantitative estimate of drug-likeness (QED) is 0.503. The minimum absolute atomic E-state index is 0.115. The molecule has 2 amide bonds. The Hall–Kier alpha value is -2.55. The third-order valence-corrected chi connectivity index (χ3v) is 6.78. The number of nitrogens with zero attached hydrogens (tertiary/aromatic N) is 2. The number of hydrogen-bond donors (Lipinski definition) is 3. The van der Waals surface area contributed by atoms with Crippen LogP contribution in [0.2, 0.25) is 0 Å². The van der Waals surface area contributed by atoms with Crippen molar-refractivity contribution < 1.29 is 24.2 Å². The summed E-state index contributed by atoms with van der Waals surface area (Å²) in [4.78, 5) is 25.0. The lowest BCUT2D eigenvalue weighted by Gasteiger charge is -2.45. The van der Waals surface area contributed by atoms with Crippen molar-refractivity contribution in [1.82, 2.24) is 20.4 Å². The van der Waals surface area contributed by atoms with Crippen molar-refractivity contribution in [2.45, 2.75) is 71.4 Å². The highest BCUT2D eigenvalue weighted by molar-refractivity contribution is 5.96. The molecule has 0 radical (unpaired) electrons. The Balaban J connectivity index is 1.79. The zero-order valence-electron chi connectivity index (χ0n) is 21.0. The number of rotatable bonds is 9. The molecule has 3 N–H and O–H groups in total. The number of carbonyl (C=O) groups is 2. The first-order valence-electron chi connectivity index (χ1n) is 12.3. The SMILES string of the molecule is COC(=O)NC(C)(C)/C=C/n1ncc(C(=O)NC2C3CCCC2CC(CO)C3)c1OCC(C)C. The second-order valence-corrected chi connectivity index (χ2v) is 10.6. The lowest BCUT2D eigenvalue weighted by molar-refractivity contribution is 0.0496. The number of aliphatic hydroxyl groups is 1. The first kappa shape index (κ1) is 26.1. The highest BCUT2D eigenvalue weighted by Gasteiger charge is 2.41. The van der Waals surface area contributed by atoms with Crippen molar-refractivity contribution in [1.29, 1.82) is 0 Å². The average molecular weight is 477 g/mol. The predicted octanol–water partition coefficient (Wildman–Crippen LogP) is 3.44. The van der Waals surface area contributed by atoms with Gasteiger partial charge in [-0.15, -0.1) is 0 Å². The number of amides is 2. The van der Waals surface area contributed by atoms with Gasteiger partial charge in [0.15, 0.2) is 0 Å². The van der Waals surface area contributed by atoms with Crippen molar-refractivity contribution in [3.8, 4) is 5.88 Å². The highest BCUT2D eigenvalue weighted by Crippen LogP contribution is 2.43. The summed E-state index contributed by atoms with van der Waals surface area (Å²) >= 11 is 0. The molecule has 34 heavy (non-hydrogen) atoms. The largest absolute Gasteiger partial charge is 0.477 e. The second-order valence-electron chi connectivity index (χ2n) is 10.6. The van der Waals surface area contributed by atoms with E-state index in [2.05, 4.69) is 20.5 Å². The maximum absolute atomic E-state index is 13.4. The van der Waals surface area contributed by atoms with Crippen molar-refractivity contribution in [2.24, 2.45) is 23.7 Å². The highest BCUT2D eigenvalue weighted by atomic mass is 16.5. The van der Waals surface area contributed by atoms with E-state index in [9.17, 15) is 14.7 Å². The molecule has 0 aromatic carbocycles. The molecule has 2 aliphatic carbocycles. The fourth-order valence-electron chi connectivity index (χ4n) is 5.10. The van der Waals surface area contributed by atoms with E-state index in [1.807, 2.05) is 27.7 Å². The Morgan fingerprint density at radius 3 is 2.56 bits per heavy atom. The summed E-state index contributed by atoms with van der Waals surface area (Å²) in [5.41, 5.74) is -0.300. The third-order valence-electron chi connectivity index (χ3n) is 6.78. The van der Waals surface area contributed by atoms with Crippen LogP contribution in [-0.2, 0) is 4.74 Å². The van der Waals surface area contributed by atoms with Crippen LogP contribution in [0.4, 0.5) is 4.79 Å². The van der Waals surface area contributed by atoms with Crippen LogP contribution < -0.4 is 15.4 Å². The maximum atomic E-state index is 13.4. The molecule has 1 heterocycles. The first-order chi connectivity index (χ1) is 16.1. The van der Waals surface area contributed by atoms with Gasteiger partial charge in [-0.3, -0.25) is 4.79 Å². The number of hydrogen-bond acceptors (Lipinski definition) is 6. The first-order valence-corrected chi connectivity index (χ1v) is 12.3. The van der Waals surface area contributed by atoms with Crippen molar-refractivity contribution >= 4 is 18.2 Å². The molecule has 2 atom stereocenters. The van der Waals surface area contributed by atoms with Gasteiger partial charge < -0.3 is 25.2 Å². The summed E-state index contributed by atoms with van der Waals surface area (Å²) in [5, 5.41) is 20.0. The summed E-state index contributed by atoms with van der Waals surface area (Å²) in [6.45, 7) is 8.40. The number of fused-ring (bicyclic) bond motifs is 2. The number of ether oxygens (including phenoxy) is 2. The van der Waals surface area contributed by atoms with Crippen LogP contribution in [0.25, 0.3) is 6.20 Å². The molecule has 0 spiro atoms. The molecule has 1 aromatic heterocycles. The standard InChI is InChI=1S/C25H40N4O5/c1-16(2)15-34-23-20(13-26-29(23)10-9-25(3,4)28-24(32)33-5)22(31)27-21-18-7-6-8-19(21)12-17(11-18)14-30/h9-10,13,16-19,21,30H,6-8,11-12,14-15H2,1-5H3,(H,27,31)(H,28,32)/b10-9+. The molecule has 2 unspecified atom stereocenters. The van der Waals surface area contributed by atoms with Gasteiger partial charge >= 0.3 is 6.09 Å². The molecule has 2 bridgehead atoms. The molecule has 1 aromatic rings. The molecule has 0 saturated heterocycles. The molecule has 9 nitrogen and oxygen atoms in total.